The molecule has 1 atom stereocenters. The Morgan fingerprint density at radius 2 is 1.58 bits per heavy atom. The molecule has 0 spiro atoms. The minimum atomic E-state index is 0. The maximum atomic E-state index is 13.0. The van der Waals surface area contributed by atoms with E-state index in [4.69, 9.17) is 0 Å². The van der Waals surface area contributed by atoms with Gasteiger partial charge in [-0.2, -0.15) is 0 Å². The van der Waals surface area contributed by atoms with Crippen LogP contribution in [0.3, 0.4) is 0 Å². The van der Waals surface area contributed by atoms with Gasteiger partial charge in [-0.3, -0.25) is 4.79 Å². The molecular formula is C20H33N2OY+. The second-order valence-corrected chi connectivity index (χ2v) is 7.34. The van der Waals surface area contributed by atoms with Crippen molar-refractivity contribution < 1.29 is 42.0 Å². The molecule has 1 aliphatic rings. The molecule has 1 aliphatic heterocycles. The predicted molar refractivity (Wildman–Crippen MR) is 97.7 cm³/mol. The van der Waals surface area contributed by atoms with Crippen molar-refractivity contribution in [2.24, 2.45) is 0 Å². The van der Waals surface area contributed by atoms with Crippen LogP contribution in [-0.2, 0) is 37.5 Å². The monoisotopic (exact) mass is 406 g/mol. The van der Waals surface area contributed by atoms with Gasteiger partial charge in [0.05, 0.1) is 19.6 Å². The van der Waals surface area contributed by atoms with E-state index in [9.17, 15) is 4.79 Å². The number of nitrogens with zero attached hydrogens (tertiary/aromatic N) is 1. The van der Waals surface area contributed by atoms with Crippen LogP contribution in [0.2, 0.25) is 0 Å². The molecule has 24 heavy (non-hydrogen) atoms. The number of nitrogens with one attached hydrogen (secondary N) is 1. The van der Waals surface area contributed by atoms with E-state index in [1.807, 2.05) is 0 Å². The van der Waals surface area contributed by atoms with Gasteiger partial charge in [-0.15, -0.1) is 0 Å². The van der Waals surface area contributed by atoms with Crippen LogP contribution in [0.5, 0.6) is 0 Å². The number of likely N-dealkylation sites (N-methyl/N-ethyl adjacent to an activating group) is 1. The van der Waals surface area contributed by atoms with Crippen molar-refractivity contribution in [2.45, 2.75) is 66.3 Å². The summed E-state index contributed by atoms with van der Waals surface area (Å²) in [5, 5.41) is 3.23. The van der Waals surface area contributed by atoms with Crippen LogP contribution in [-0.4, -0.2) is 36.1 Å². The number of aryl methyl sites for hydroxylation is 3. The topological polar surface area (TPSA) is 29.1 Å². The molecule has 1 radical (unpaired) electrons. The van der Waals surface area contributed by atoms with Gasteiger partial charge >= 0.3 is 0 Å². The summed E-state index contributed by atoms with van der Waals surface area (Å²) >= 11 is 0. The second-order valence-electron chi connectivity index (χ2n) is 7.34. The van der Waals surface area contributed by atoms with Crippen LogP contribution in [0.25, 0.3) is 0 Å². The summed E-state index contributed by atoms with van der Waals surface area (Å²) in [7, 11) is 0. The normalized spacial score (nSPS) is 18.2. The van der Waals surface area contributed by atoms with Crippen LogP contribution < -0.4 is 5.32 Å². The first-order valence-electron chi connectivity index (χ1n) is 9.14. The number of anilines is 1. The number of hydrogen-bond donors (Lipinski definition) is 1. The predicted octanol–water partition coefficient (Wildman–Crippen LogP) is 4.35. The Hall–Kier alpha value is -0.246. The van der Waals surface area contributed by atoms with Crippen LogP contribution in [0, 0.1) is 20.8 Å². The zero-order valence-corrected chi connectivity index (χ0v) is 19.0. The minimum absolute atomic E-state index is 0. The van der Waals surface area contributed by atoms with Crippen LogP contribution in [0.15, 0.2) is 12.1 Å². The van der Waals surface area contributed by atoms with Gasteiger partial charge in [-0.25, -0.2) is 0 Å². The number of carbonyl (C=O) groups excluding carboxylic acids is 1. The fourth-order valence-corrected chi connectivity index (χ4v) is 4.15. The second kappa shape index (κ2) is 9.45. The number of likely N-dealkylation sites (tertiary alicyclic amines) is 1. The molecule has 1 amide bonds. The molecule has 1 N–H and O–H groups in total. The van der Waals surface area contributed by atoms with E-state index in [-0.39, 0.29) is 44.7 Å². The smallest absolute Gasteiger partial charge is 0.282 e. The van der Waals surface area contributed by atoms with E-state index in [1.165, 1.54) is 31.2 Å². The molecule has 1 heterocycles. The fourth-order valence-electron chi connectivity index (χ4n) is 4.15. The Balaban J connectivity index is 0.00000288. The first-order valence-corrected chi connectivity index (χ1v) is 9.14. The van der Waals surface area contributed by atoms with Gasteiger partial charge in [-0.05, 0) is 71.4 Å². The van der Waals surface area contributed by atoms with Crippen molar-refractivity contribution >= 4 is 11.6 Å². The molecule has 2 rings (SSSR count). The molecule has 131 valence electrons. The van der Waals surface area contributed by atoms with Crippen molar-refractivity contribution in [1.29, 1.82) is 0 Å². The summed E-state index contributed by atoms with van der Waals surface area (Å²) in [6.45, 7) is 13.9. The van der Waals surface area contributed by atoms with Crippen molar-refractivity contribution in [2.75, 3.05) is 25.0 Å². The van der Waals surface area contributed by atoms with Crippen molar-refractivity contribution in [3.8, 4) is 0 Å². The van der Waals surface area contributed by atoms with Crippen molar-refractivity contribution in [3.63, 3.8) is 0 Å². The third-order valence-corrected chi connectivity index (χ3v) is 5.71. The Kier molecular flexibility index (Phi) is 8.58. The number of carbonyl (C=O) groups is 1. The molecule has 0 aromatic heterocycles. The maximum absolute atomic E-state index is 13.0. The van der Waals surface area contributed by atoms with E-state index in [0.717, 1.165) is 40.9 Å². The summed E-state index contributed by atoms with van der Waals surface area (Å²) in [6, 6.07) is 4.30. The zero-order chi connectivity index (χ0) is 17.0. The number of quaternary nitrogens is 1. The average molecular weight is 406 g/mol. The molecule has 4 heteroatoms. The van der Waals surface area contributed by atoms with Gasteiger partial charge in [0.1, 0.15) is 0 Å². The number of benzene rings is 1. The molecule has 1 aromatic rings. The summed E-state index contributed by atoms with van der Waals surface area (Å²) in [5.74, 6) is 0.170. The zero-order valence-electron chi connectivity index (χ0n) is 16.1. The van der Waals surface area contributed by atoms with Crippen LogP contribution in [0.1, 0.15) is 56.2 Å². The SMILES string of the molecule is CC[N+]1(C(C)C(=O)Nc2c(C)cc(C)cc2C)CCCCCC1.[Y]. The van der Waals surface area contributed by atoms with Crippen molar-refractivity contribution in [3.05, 3.63) is 28.8 Å². The third kappa shape index (κ3) is 4.89. The Morgan fingerprint density at radius 1 is 1.08 bits per heavy atom. The third-order valence-electron chi connectivity index (χ3n) is 5.71. The molecule has 1 aromatic carbocycles. The molecule has 1 saturated heterocycles. The maximum Gasteiger partial charge on any atom is 0.282 e. The van der Waals surface area contributed by atoms with E-state index < -0.39 is 0 Å². The largest absolute Gasteiger partial charge is 0.320 e. The Labute approximate surface area is 173 Å². The molecule has 0 saturated carbocycles. The first kappa shape index (κ1) is 21.8. The first-order chi connectivity index (χ1) is 10.9. The van der Waals surface area contributed by atoms with Gasteiger partial charge in [0.2, 0.25) is 0 Å². The van der Waals surface area contributed by atoms with Gasteiger partial charge < -0.3 is 9.80 Å². The number of amides is 1. The average Bonchev–Trinajstić information content (AvgIpc) is 2.76. The summed E-state index contributed by atoms with van der Waals surface area (Å²) in [5.41, 5.74) is 4.55. The summed E-state index contributed by atoms with van der Waals surface area (Å²) < 4.78 is 0.940. The molecule has 0 aliphatic carbocycles. The van der Waals surface area contributed by atoms with Gasteiger partial charge in [-0.1, -0.05) is 17.7 Å². The molecule has 3 nitrogen and oxygen atoms in total. The molecule has 1 unspecified atom stereocenters. The van der Waals surface area contributed by atoms with Gasteiger partial charge in [0.15, 0.2) is 6.04 Å². The Bertz CT molecular complexity index is 540. The van der Waals surface area contributed by atoms with Crippen molar-refractivity contribution in [1.82, 2.24) is 0 Å². The summed E-state index contributed by atoms with van der Waals surface area (Å²) in [6.07, 6.45) is 5.11. The number of rotatable bonds is 4. The molecule has 1 fully saturated rings. The van der Waals surface area contributed by atoms with E-state index in [0.29, 0.717) is 0 Å². The van der Waals surface area contributed by atoms with Crippen LogP contribution in [0.4, 0.5) is 5.69 Å². The van der Waals surface area contributed by atoms with E-state index in [1.54, 1.807) is 0 Å². The van der Waals surface area contributed by atoms with Crippen LogP contribution >= 0.6 is 0 Å². The van der Waals surface area contributed by atoms with Gasteiger partial charge in [0.25, 0.3) is 5.91 Å². The fraction of sp³-hybridized carbons (Fsp3) is 0.650. The van der Waals surface area contributed by atoms with Gasteiger partial charge in [0, 0.05) is 38.4 Å². The Morgan fingerprint density at radius 3 is 2.04 bits per heavy atom. The minimum Gasteiger partial charge on any atom is -0.320 e. The summed E-state index contributed by atoms with van der Waals surface area (Å²) in [4.78, 5) is 13.0. The van der Waals surface area contributed by atoms with E-state index in [2.05, 4.69) is 52.1 Å². The number of hydrogen-bond acceptors (Lipinski definition) is 1. The molecular weight excluding hydrogens is 373 g/mol. The van der Waals surface area contributed by atoms with E-state index >= 15 is 0 Å². The molecule has 0 bridgehead atoms. The standard InChI is InChI=1S/C20H32N2O.Y/c1-6-22(11-9-7-8-10-12-22)18(5)20(23)21-19-16(3)13-15(2)14-17(19)4;/h13-14,18H,6-12H2,1-5H3;/p+1. The quantitative estimate of drug-likeness (QED) is 0.741.